The second-order valence-corrected chi connectivity index (χ2v) is 4.86. The van der Waals surface area contributed by atoms with Crippen LogP contribution in [0.1, 0.15) is 12.8 Å². The summed E-state index contributed by atoms with van der Waals surface area (Å²) >= 11 is 0. The molecule has 2 aliphatic rings. The summed E-state index contributed by atoms with van der Waals surface area (Å²) < 4.78 is 11.3. The summed E-state index contributed by atoms with van der Waals surface area (Å²) in [6.07, 6.45) is 1.37. The van der Waals surface area contributed by atoms with Gasteiger partial charge in [-0.3, -0.25) is 4.79 Å². The number of rotatable bonds is 3. The Morgan fingerprint density at radius 3 is 2.83 bits per heavy atom. The highest BCUT2D eigenvalue weighted by Crippen LogP contribution is 2.33. The molecule has 3 N–H and O–H groups in total. The molecule has 0 aromatic heterocycles. The number of carbonyl (C=O) groups is 1. The van der Waals surface area contributed by atoms with Crippen LogP contribution >= 0.6 is 0 Å². The number of nitrogens with two attached hydrogens (primary N) is 1. The van der Waals surface area contributed by atoms with Crippen molar-refractivity contribution in [1.29, 1.82) is 0 Å². The van der Waals surface area contributed by atoms with Gasteiger partial charge in [0.25, 0.3) is 0 Å². The Hall–Kier alpha value is -1.75. The number of nitrogens with one attached hydrogen (secondary N) is 1. The normalized spacial score (nSPS) is 23.3. The highest BCUT2D eigenvalue weighted by atomic mass is 16.6. The molecule has 1 aromatic carbocycles. The lowest BCUT2D eigenvalue weighted by atomic mass is 10.2. The van der Waals surface area contributed by atoms with Crippen LogP contribution in [0.25, 0.3) is 0 Å². The Bertz CT molecular complexity index is 471. The van der Waals surface area contributed by atoms with Gasteiger partial charge < -0.3 is 20.5 Å². The van der Waals surface area contributed by atoms with Crippen molar-refractivity contribution in [1.82, 2.24) is 5.32 Å². The summed E-state index contributed by atoms with van der Waals surface area (Å²) in [6, 6.07) is 7.51. The van der Waals surface area contributed by atoms with Crippen molar-refractivity contribution in [2.45, 2.75) is 24.5 Å². The fraction of sp³-hybridized carbons (Fsp3) is 0.462. The van der Waals surface area contributed by atoms with E-state index in [1.165, 1.54) is 0 Å². The van der Waals surface area contributed by atoms with E-state index in [4.69, 9.17) is 15.2 Å². The molecule has 5 heteroatoms. The fourth-order valence-corrected chi connectivity index (χ4v) is 1.91. The number of carbonyl (C=O) groups excluding carboxylic acids is 1. The zero-order chi connectivity index (χ0) is 12.6. The third-order valence-corrected chi connectivity index (χ3v) is 3.30. The number of benzene rings is 1. The van der Waals surface area contributed by atoms with Crippen LogP contribution in [0.3, 0.4) is 0 Å². The Balaban J connectivity index is 1.55. The van der Waals surface area contributed by atoms with Crippen LogP contribution in [0.4, 0.5) is 0 Å². The first-order valence-corrected chi connectivity index (χ1v) is 6.13. The standard InChI is InChI=1S/C13H16N2O3/c14-13(5-6-13)12(16)15-7-9-8-17-10-3-1-2-4-11(10)18-9/h1-4,9H,5-8,14H2,(H,15,16). The lowest BCUT2D eigenvalue weighted by molar-refractivity contribution is -0.123. The van der Waals surface area contributed by atoms with E-state index in [-0.39, 0.29) is 12.0 Å². The molecule has 3 rings (SSSR count). The molecule has 1 aromatic rings. The Labute approximate surface area is 105 Å². The second kappa shape index (κ2) is 4.17. The van der Waals surface area contributed by atoms with Crippen LogP contribution in [0.2, 0.25) is 0 Å². The predicted octanol–water partition coefficient (Wildman–Crippen LogP) is 0.434. The van der Waals surface area contributed by atoms with Gasteiger partial charge in [0.05, 0.1) is 12.1 Å². The molecule has 5 nitrogen and oxygen atoms in total. The van der Waals surface area contributed by atoms with E-state index in [0.717, 1.165) is 24.3 Å². The van der Waals surface area contributed by atoms with E-state index < -0.39 is 5.54 Å². The topological polar surface area (TPSA) is 73.6 Å². The maximum absolute atomic E-state index is 11.7. The maximum atomic E-state index is 11.7. The SMILES string of the molecule is NC1(C(=O)NCC2COc3ccccc3O2)CC1. The minimum Gasteiger partial charge on any atom is -0.486 e. The van der Waals surface area contributed by atoms with Crippen LogP contribution in [0.15, 0.2) is 24.3 Å². The summed E-state index contributed by atoms with van der Waals surface area (Å²) in [5, 5.41) is 2.82. The molecule has 0 bridgehead atoms. The van der Waals surface area contributed by atoms with Crippen molar-refractivity contribution in [3.63, 3.8) is 0 Å². The number of para-hydroxylation sites is 2. The van der Waals surface area contributed by atoms with Gasteiger partial charge in [0.2, 0.25) is 5.91 Å². The molecule has 1 atom stereocenters. The van der Waals surface area contributed by atoms with Gasteiger partial charge in [-0.1, -0.05) is 12.1 Å². The van der Waals surface area contributed by atoms with Crippen LogP contribution in [0, 0.1) is 0 Å². The number of fused-ring (bicyclic) bond motifs is 1. The predicted molar refractivity (Wildman–Crippen MR) is 65.5 cm³/mol. The molecule has 0 spiro atoms. The minimum absolute atomic E-state index is 0.0926. The van der Waals surface area contributed by atoms with E-state index in [0.29, 0.717) is 13.2 Å². The molecule has 1 heterocycles. The zero-order valence-electron chi connectivity index (χ0n) is 10.0. The molecule has 1 aliphatic heterocycles. The molecule has 1 fully saturated rings. The van der Waals surface area contributed by atoms with Crippen LogP contribution in [-0.2, 0) is 4.79 Å². The first-order valence-electron chi connectivity index (χ1n) is 6.13. The summed E-state index contributed by atoms with van der Waals surface area (Å²) in [5.74, 6) is 1.37. The van der Waals surface area contributed by atoms with Gasteiger partial charge in [0.1, 0.15) is 12.7 Å². The molecule has 1 aliphatic carbocycles. The maximum Gasteiger partial charge on any atom is 0.240 e. The van der Waals surface area contributed by atoms with Gasteiger partial charge in [-0.15, -0.1) is 0 Å². The minimum atomic E-state index is -0.632. The van der Waals surface area contributed by atoms with E-state index in [2.05, 4.69) is 5.32 Å². The van der Waals surface area contributed by atoms with Crippen molar-refractivity contribution in [2.24, 2.45) is 5.73 Å². The molecule has 0 radical (unpaired) electrons. The quantitative estimate of drug-likeness (QED) is 0.813. The van der Waals surface area contributed by atoms with Crippen molar-refractivity contribution in [2.75, 3.05) is 13.2 Å². The number of hydrogen-bond donors (Lipinski definition) is 2. The highest BCUT2D eigenvalue weighted by Gasteiger charge is 2.45. The van der Waals surface area contributed by atoms with Crippen molar-refractivity contribution in [3.8, 4) is 11.5 Å². The van der Waals surface area contributed by atoms with Gasteiger partial charge in [-0.05, 0) is 25.0 Å². The lowest BCUT2D eigenvalue weighted by Crippen LogP contribution is -2.48. The average molecular weight is 248 g/mol. The largest absolute Gasteiger partial charge is 0.486 e. The zero-order valence-corrected chi connectivity index (χ0v) is 10.0. The van der Waals surface area contributed by atoms with E-state index >= 15 is 0 Å². The Morgan fingerprint density at radius 2 is 2.11 bits per heavy atom. The van der Waals surface area contributed by atoms with Gasteiger partial charge in [-0.25, -0.2) is 0 Å². The summed E-state index contributed by atoms with van der Waals surface area (Å²) in [6.45, 7) is 0.862. The monoisotopic (exact) mass is 248 g/mol. The lowest BCUT2D eigenvalue weighted by Gasteiger charge is -2.26. The molecular formula is C13H16N2O3. The molecule has 96 valence electrons. The Kier molecular flexibility index (Phi) is 2.63. The summed E-state index contributed by atoms with van der Waals surface area (Å²) in [4.78, 5) is 11.7. The van der Waals surface area contributed by atoms with E-state index in [1.807, 2.05) is 24.3 Å². The number of hydrogen-bond acceptors (Lipinski definition) is 4. The van der Waals surface area contributed by atoms with Gasteiger partial charge in [-0.2, -0.15) is 0 Å². The number of amides is 1. The molecular weight excluding hydrogens is 232 g/mol. The average Bonchev–Trinajstić information content (AvgIpc) is 3.15. The second-order valence-electron chi connectivity index (χ2n) is 4.86. The smallest absolute Gasteiger partial charge is 0.240 e. The Morgan fingerprint density at radius 1 is 1.39 bits per heavy atom. The first kappa shape index (κ1) is 11.3. The van der Waals surface area contributed by atoms with Crippen LogP contribution in [-0.4, -0.2) is 30.7 Å². The third-order valence-electron chi connectivity index (χ3n) is 3.30. The third kappa shape index (κ3) is 2.13. The molecule has 1 saturated carbocycles. The van der Waals surface area contributed by atoms with Gasteiger partial charge in [0.15, 0.2) is 11.5 Å². The van der Waals surface area contributed by atoms with E-state index in [9.17, 15) is 4.79 Å². The first-order chi connectivity index (χ1) is 8.67. The van der Waals surface area contributed by atoms with Crippen molar-refractivity contribution in [3.05, 3.63) is 24.3 Å². The number of ether oxygens (including phenoxy) is 2. The van der Waals surface area contributed by atoms with Crippen molar-refractivity contribution >= 4 is 5.91 Å². The van der Waals surface area contributed by atoms with Gasteiger partial charge >= 0.3 is 0 Å². The fourth-order valence-electron chi connectivity index (χ4n) is 1.91. The van der Waals surface area contributed by atoms with E-state index in [1.54, 1.807) is 0 Å². The van der Waals surface area contributed by atoms with Crippen LogP contribution in [0.5, 0.6) is 11.5 Å². The molecule has 1 amide bonds. The summed E-state index contributed by atoms with van der Waals surface area (Å²) in [5.41, 5.74) is 5.17. The molecule has 1 unspecified atom stereocenters. The highest BCUT2D eigenvalue weighted by molar-refractivity contribution is 5.88. The van der Waals surface area contributed by atoms with Crippen molar-refractivity contribution < 1.29 is 14.3 Å². The molecule has 18 heavy (non-hydrogen) atoms. The summed E-state index contributed by atoms with van der Waals surface area (Å²) in [7, 11) is 0. The molecule has 0 saturated heterocycles. The van der Waals surface area contributed by atoms with Crippen LogP contribution < -0.4 is 20.5 Å². The van der Waals surface area contributed by atoms with Gasteiger partial charge in [0, 0.05) is 0 Å².